The summed E-state index contributed by atoms with van der Waals surface area (Å²) < 4.78 is 0. The molecule has 0 fully saturated rings. The van der Waals surface area contributed by atoms with Gasteiger partial charge in [-0.15, -0.1) is 0 Å². The molecule has 0 aromatic heterocycles. The van der Waals surface area contributed by atoms with E-state index in [1.807, 2.05) is 0 Å². The lowest BCUT2D eigenvalue weighted by Gasteiger charge is -1.95. The number of rotatable bonds is 11. The Balaban J connectivity index is 0. The zero-order chi connectivity index (χ0) is 14.9. The van der Waals surface area contributed by atoms with Crippen molar-refractivity contribution in [1.29, 1.82) is 0 Å². The predicted octanol–water partition coefficient (Wildman–Crippen LogP) is 3.02. The summed E-state index contributed by atoms with van der Waals surface area (Å²) in [7, 11) is 0. The molecule has 0 radical (unpaired) electrons. The number of hydrogen-bond donors (Lipinski definition) is 3. The SMILES string of the molecule is CCCCCCC(=O)O.NCCCCCCC(=O)O. The number of carboxylic acids is 2. The first kappa shape index (κ1) is 20.2. The van der Waals surface area contributed by atoms with Crippen molar-refractivity contribution in [3.63, 3.8) is 0 Å². The van der Waals surface area contributed by atoms with Crippen molar-refractivity contribution in [2.75, 3.05) is 6.54 Å². The van der Waals surface area contributed by atoms with E-state index in [4.69, 9.17) is 15.9 Å². The minimum Gasteiger partial charge on any atom is -0.481 e. The third-order valence-corrected chi connectivity index (χ3v) is 2.59. The lowest BCUT2D eigenvalue weighted by Crippen LogP contribution is -1.98. The maximum atomic E-state index is 10.0. The summed E-state index contributed by atoms with van der Waals surface area (Å²) in [6.07, 6.45) is 8.70. The van der Waals surface area contributed by atoms with Gasteiger partial charge in [-0.1, -0.05) is 39.0 Å². The van der Waals surface area contributed by atoms with Crippen molar-refractivity contribution in [3.8, 4) is 0 Å². The molecule has 4 N–H and O–H groups in total. The molecule has 0 bridgehead atoms. The molecule has 5 heteroatoms. The maximum Gasteiger partial charge on any atom is 0.303 e. The molecule has 0 amide bonds. The number of unbranched alkanes of at least 4 members (excludes halogenated alkanes) is 6. The zero-order valence-electron chi connectivity index (χ0n) is 12.1. The van der Waals surface area contributed by atoms with Gasteiger partial charge in [-0.3, -0.25) is 9.59 Å². The Morgan fingerprint density at radius 1 is 0.789 bits per heavy atom. The molecule has 0 saturated heterocycles. The normalized spacial score (nSPS) is 9.58. The molecule has 0 aliphatic heterocycles. The van der Waals surface area contributed by atoms with Crippen LogP contribution in [0.3, 0.4) is 0 Å². The third-order valence-electron chi connectivity index (χ3n) is 2.59. The minimum absolute atomic E-state index is 0.296. The first-order chi connectivity index (χ1) is 9.04. The molecule has 0 aromatic carbocycles. The van der Waals surface area contributed by atoms with E-state index in [1.54, 1.807) is 0 Å². The van der Waals surface area contributed by atoms with Gasteiger partial charge < -0.3 is 15.9 Å². The Morgan fingerprint density at radius 3 is 1.58 bits per heavy atom. The molecule has 19 heavy (non-hydrogen) atoms. The molecule has 0 spiro atoms. The van der Waals surface area contributed by atoms with Crippen LogP contribution in [0.25, 0.3) is 0 Å². The summed E-state index contributed by atoms with van der Waals surface area (Å²) in [5.74, 6) is -1.38. The van der Waals surface area contributed by atoms with Crippen LogP contribution in [-0.2, 0) is 9.59 Å². The predicted molar refractivity (Wildman–Crippen MR) is 76.2 cm³/mol. The van der Waals surface area contributed by atoms with E-state index in [9.17, 15) is 9.59 Å². The number of aliphatic carboxylic acids is 2. The monoisotopic (exact) mass is 275 g/mol. The van der Waals surface area contributed by atoms with E-state index in [1.165, 1.54) is 6.42 Å². The first-order valence-electron chi connectivity index (χ1n) is 7.18. The molecule has 0 heterocycles. The number of carbonyl (C=O) groups is 2. The fourth-order valence-electron chi connectivity index (χ4n) is 1.48. The van der Waals surface area contributed by atoms with Gasteiger partial charge in [-0.25, -0.2) is 0 Å². The van der Waals surface area contributed by atoms with E-state index < -0.39 is 11.9 Å². The highest BCUT2D eigenvalue weighted by Crippen LogP contribution is 2.01. The second-order valence-electron chi connectivity index (χ2n) is 4.55. The van der Waals surface area contributed by atoms with Crippen LogP contribution in [0.2, 0.25) is 0 Å². The number of hydrogen-bond acceptors (Lipinski definition) is 3. The van der Waals surface area contributed by atoms with Gasteiger partial charge in [-0.05, 0) is 25.8 Å². The van der Waals surface area contributed by atoms with Crippen molar-refractivity contribution in [2.45, 2.75) is 71.1 Å². The van der Waals surface area contributed by atoms with Crippen LogP contribution in [0.4, 0.5) is 0 Å². The Bertz CT molecular complexity index is 219. The quantitative estimate of drug-likeness (QED) is 0.503. The van der Waals surface area contributed by atoms with E-state index in [0.29, 0.717) is 19.4 Å². The van der Waals surface area contributed by atoms with E-state index in [-0.39, 0.29) is 0 Å². The van der Waals surface area contributed by atoms with E-state index in [0.717, 1.165) is 44.9 Å². The second-order valence-corrected chi connectivity index (χ2v) is 4.55. The Kier molecular flexibility index (Phi) is 18.0. The fourth-order valence-corrected chi connectivity index (χ4v) is 1.48. The highest BCUT2D eigenvalue weighted by molar-refractivity contribution is 5.66. The topological polar surface area (TPSA) is 101 Å². The van der Waals surface area contributed by atoms with Crippen molar-refractivity contribution in [1.82, 2.24) is 0 Å². The van der Waals surface area contributed by atoms with Gasteiger partial charge in [-0.2, -0.15) is 0 Å². The first-order valence-corrected chi connectivity index (χ1v) is 7.18. The van der Waals surface area contributed by atoms with E-state index >= 15 is 0 Å². The van der Waals surface area contributed by atoms with Crippen LogP contribution in [-0.4, -0.2) is 28.7 Å². The zero-order valence-corrected chi connectivity index (χ0v) is 12.1. The molecule has 5 nitrogen and oxygen atoms in total. The lowest BCUT2D eigenvalue weighted by atomic mass is 10.1. The Labute approximate surface area is 116 Å². The number of nitrogens with two attached hydrogens (primary N) is 1. The van der Waals surface area contributed by atoms with Crippen LogP contribution in [0.1, 0.15) is 71.1 Å². The molecular formula is C14H29NO4. The van der Waals surface area contributed by atoms with Gasteiger partial charge in [0, 0.05) is 12.8 Å². The highest BCUT2D eigenvalue weighted by Gasteiger charge is 1.95. The van der Waals surface area contributed by atoms with Crippen LogP contribution >= 0.6 is 0 Å². The molecule has 0 saturated carbocycles. The largest absolute Gasteiger partial charge is 0.481 e. The minimum atomic E-state index is -0.701. The van der Waals surface area contributed by atoms with Crippen LogP contribution in [0, 0.1) is 0 Å². The number of carboxylic acid groups (broad SMARTS) is 2. The van der Waals surface area contributed by atoms with Gasteiger partial charge >= 0.3 is 11.9 Å². The summed E-state index contributed by atoms with van der Waals surface area (Å²) in [5, 5.41) is 16.5. The smallest absolute Gasteiger partial charge is 0.303 e. The Hall–Kier alpha value is -1.10. The van der Waals surface area contributed by atoms with Gasteiger partial charge in [0.1, 0.15) is 0 Å². The summed E-state index contributed by atoms with van der Waals surface area (Å²) in [6, 6.07) is 0. The van der Waals surface area contributed by atoms with Crippen LogP contribution in [0.15, 0.2) is 0 Å². The van der Waals surface area contributed by atoms with Gasteiger partial charge in [0.25, 0.3) is 0 Å². The van der Waals surface area contributed by atoms with Gasteiger partial charge in [0.2, 0.25) is 0 Å². The Morgan fingerprint density at radius 2 is 1.21 bits per heavy atom. The average Bonchev–Trinajstić information content (AvgIpc) is 2.35. The maximum absolute atomic E-state index is 10.0. The molecule has 0 aromatic rings. The van der Waals surface area contributed by atoms with Gasteiger partial charge in [0.05, 0.1) is 0 Å². The second kappa shape index (κ2) is 16.9. The summed E-state index contributed by atoms with van der Waals surface area (Å²) in [4.78, 5) is 20.0. The van der Waals surface area contributed by atoms with Crippen molar-refractivity contribution in [3.05, 3.63) is 0 Å². The molecule has 114 valence electrons. The highest BCUT2D eigenvalue weighted by atomic mass is 16.4. The van der Waals surface area contributed by atoms with Crippen molar-refractivity contribution >= 4 is 11.9 Å². The molecule has 0 rings (SSSR count). The van der Waals surface area contributed by atoms with E-state index in [2.05, 4.69) is 6.92 Å². The van der Waals surface area contributed by atoms with Crippen LogP contribution < -0.4 is 5.73 Å². The molecule has 0 aliphatic carbocycles. The summed E-state index contributed by atoms with van der Waals surface area (Å²) >= 11 is 0. The molecule has 0 unspecified atom stereocenters. The summed E-state index contributed by atoms with van der Waals surface area (Å²) in [6.45, 7) is 2.83. The van der Waals surface area contributed by atoms with Crippen molar-refractivity contribution in [2.24, 2.45) is 5.73 Å². The lowest BCUT2D eigenvalue weighted by molar-refractivity contribution is -0.138. The van der Waals surface area contributed by atoms with Crippen molar-refractivity contribution < 1.29 is 19.8 Å². The third kappa shape index (κ3) is 26.5. The standard InChI is InChI=1S/C7H15NO2.C7H14O2/c8-6-4-2-1-3-5-7(9)10;1-2-3-4-5-6-7(8)9/h1-6,8H2,(H,9,10);2-6H2,1H3,(H,8,9). The van der Waals surface area contributed by atoms with Crippen LogP contribution in [0.5, 0.6) is 0 Å². The fraction of sp³-hybridized carbons (Fsp3) is 0.857. The van der Waals surface area contributed by atoms with Gasteiger partial charge in [0.15, 0.2) is 0 Å². The average molecular weight is 275 g/mol. The molecular weight excluding hydrogens is 246 g/mol. The molecule has 0 atom stereocenters. The molecule has 0 aliphatic rings. The summed E-state index contributed by atoms with van der Waals surface area (Å²) in [5.41, 5.74) is 5.25.